The number of carbonyl (C=O) groups is 1. The van der Waals surface area contributed by atoms with Gasteiger partial charge in [0.2, 0.25) is 0 Å². The second kappa shape index (κ2) is 17.5. The first-order chi connectivity index (χ1) is 12.3. The van der Waals surface area contributed by atoms with Crippen LogP contribution in [0.2, 0.25) is 0 Å². The third-order valence-electron chi connectivity index (χ3n) is 3.38. The number of amides is 1. The van der Waals surface area contributed by atoms with Gasteiger partial charge in [0.25, 0.3) is 5.91 Å². The van der Waals surface area contributed by atoms with Crippen molar-refractivity contribution in [1.82, 2.24) is 16.0 Å². The van der Waals surface area contributed by atoms with Gasteiger partial charge in [0.15, 0.2) is 5.96 Å². The van der Waals surface area contributed by atoms with Crippen LogP contribution in [0.4, 0.5) is 0 Å². The van der Waals surface area contributed by atoms with Crippen molar-refractivity contribution in [2.24, 2.45) is 4.99 Å². The molecule has 0 unspecified atom stereocenters. The van der Waals surface area contributed by atoms with E-state index in [0.29, 0.717) is 13.1 Å². The van der Waals surface area contributed by atoms with Crippen LogP contribution in [0, 0.1) is 0 Å². The SMILES string of the molecule is CCCCOCCCNC(=NCCCNC(=O)c1cccs1)NCC.I. The lowest BCUT2D eigenvalue weighted by Gasteiger charge is -2.11. The molecule has 26 heavy (non-hydrogen) atoms. The first-order valence-electron chi connectivity index (χ1n) is 9.19. The topological polar surface area (TPSA) is 74.8 Å². The summed E-state index contributed by atoms with van der Waals surface area (Å²) < 4.78 is 5.54. The fourth-order valence-electron chi connectivity index (χ4n) is 2.04. The van der Waals surface area contributed by atoms with Crippen molar-refractivity contribution in [3.8, 4) is 0 Å². The Morgan fingerprint density at radius 1 is 1.12 bits per heavy atom. The predicted molar refractivity (Wildman–Crippen MR) is 121 cm³/mol. The molecule has 0 saturated heterocycles. The Labute approximate surface area is 178 Å². The Balaban J connectivity index is 0.00000625. The number of aliphatic imine (C=N–C) groups is 1. The molecule has 1 heterocycles. The van der Waals surface area contributed by atoms with Gasteiger partial charge in [0.1, 0.15) is 0 Å². The van der Waals surface area contributed by atoms with Crippen LogP contribution in [0.25, 0.3) is 0 Å². The summed E-state index contributed by atoms with van der Waals surface area (Å²) in [7, 11) is 0. The zero-order valence-corrected chi connectivity index (χ0v) is 19.0. The standard InChI is InChI=1S/C18H32N4O2S.HI/c1-3-5-13-24-14-8-12-22-18(19-4-2)21-11-7-10-20-17(23)16-9-6-15-25-16;/h6,9,15H,3-5,7-8,10-14H2,1-2H3,(H,20,23)(H2,19,21,22);1H. The number of unbranched alkanes of at least 4 members (excludes halogenated alkanes) is 1. The van der Waals surface area contributed by atoms with E-state index in [1.165, 1.54) is 17.8 Å². The summed E-state index contributed by atoms with van der Waals surface area (Å²) in [6, 6.07) is 3.71. The van der Waals surface area contributed by atoms with Crippen molar-refractivity contribution >= 4 is 47.2 Å². The van der Waals surface area contributed by atoms with Crippen LogP contribution >= 0.6 is 35.3 Å². The fourth-order valence-corrected chi connectivity index (χ4v) is 2.68. The summed E-state index contributed by atoms with van der Waals surface area (Å²) in [5.74, 6) is 0.813. The molecule has 6 nitrogen and oxygen atoms in total. The van der Waals surface area contributed by atoms with E-state index in [-0.39, 0.29) is 29.9 Å². The number of thiophene rings is 1. The lowest BCUT2D eigenvalue weighted by atomic mass is 10.4. The van der Waals surface area contributed by atoms with Gasteiger partial charge in [-0.15, -0.1) is 35.3 Å². The maximum atomic E-state index is 11.8. The van der Waals surface area contributed by atoms with E-state index in [9.17, 15) is 4.79 Å². The Kier molecular flexibility index (Phi) is 17.0. The van der Waals surface area contributed by atoms with E-state index < -0.39 is 0 Å². The monoisotopic (exact) mass is 496 g/mol. The number of halogens is 1. The summed E-state index contributed by atoms with van der Waals surface area (Å²) in [6.07, 6.45) is 4.07. The molecule has 0 saturated carbocycles. The number of nitrogens with one attached hydrogen (secondary N) is 3. The first kappa shape index (κ1) is 25.1. The molecule has 1 rings (SSSR count). The van der Waals surface area contributed by atoms with Gasteiger partial charge in [-0.2, -0.15) is 0 Å². The molecule has 0 fully saturated rings. The summed E-state index contributed by atoms with van der Waals surface area (Å²) >= 11 is 1.45. The highest BCUT2D eigenvalue weighted by atomic mass is 127. The number of nitrogens with zero attached hydrogens (tertiary/aromatic N) is 1. The number of hydrogen-bond acceptors (Lipinski definition) is 4. The third-order valence-corrected chi connectivity index (χ3v) is 4.25. The van der Waals surface area contributed by atoms with Crippen molar-refractivity contribution < 1.29 is 9.53 Å². The second-order valence-electron chi connectivity index (χ2n) is 5.59. The molecule has 0 atom stereocenters. The van der Waals surface area contributed by atoms with E-state index in [1.54, 1.807) is 0 Å². The fraction of sp³-hybridized carbons (Fsp3) is 0.667. The van der Waals surface area contributed by atoms with E-state index in [0.717, 1.165) is 56.4 Å². The molecule has 0 aromatic carbocycles. The average Bonchev–Trinajstić information content (AvgIpc) is 3.15. The van der Waals surface area contributed by atoms with Crippen LogP contribution < -0.4 is 16.0 Å². The molecule has 0 bridgehead atoms. The smallest absolute Gasteiger partial charge is 0.261 e. The summed E-state index contributed by atoms with van der Waals surface area (Å²) in [6.45, 7) is 8.81. The van der Waals surface area contributed by atoms with Crippen LogP contribution in [-0.2, 0) is 4.74 Å². The Morgan fingerprint density at radius 2 is 1.88 bits per heavy atom. The molecule has 1 aromatic heterocycles. The van der Waals surface area contributed by atoms with Gasteiger partial charge < -0.3 is 20.7 Å². The largest absolute Gasteiger partial charge is 0.381 e. The molecule has 0 aliphatic carbocycles. The molecule has 0 radical (unpaired) electrons. The van der Waals surface area contributed by atoms with Crippen LogP contribution in [0.1, 0.15) is 49.2 Å². The van der Waals surface area contributed by atoms with E-state index in [1.807, 2.05) is 24.4 Å². The van der Waals surface area contributed by atoms with E-state index >= 15 is 0 Å². The predicted octanol–water partition coefficient (Wildman–Crippen LogP) is 3.25. The van der Waals surface area contributed by atoms with Gasteiger partial charge >= 0.3 is 0 Å². The number of hydrogen-bond donors (Lipinski definition) is 3. The maximum Gasteiger partial charge on any atom is 0.261 e. The zero-order valence-electron chi connectivity index (χ0n) is 15.9. The highest BCUT2D eigenvalue weighted by molar-refractivity contribution is 14.0. The van der Waals surface area contributed by atoms with Gasteiger partial charge in [-0.3, -0.25) is 9.79 Å². The molecular weight excluding hydrogens is 463 g/mol. The molecule has 0 aliphatic heterocycles. The highest BCUT2D eigenvalue weighted by Crippen LogP contribution is 2.07. The van der Waals surface area contributed by atoms with E-state index in [4.69, 9.17) is 4.74 Å². The minimum absolute atomic E-state index is 0. The Morgan fingerprint density at radius 3 is 2.58 bits per heavy atom. The molecule has 150 valence electrons. The third kappa shape index (κ3) is 12.5. The molecule has 1 aromatic rings. The zero-order chi connectivity index (χ0) is 18.2. The van der Waals surface area contributed by atoms with Gasteiger partial charge in [0, 0.05) is 39.4 Å². The molecule has 0 aliphatic rings. The van der Waals surface area contributed by atoms with Crippen LogP contribution in [0.15, 0.2) is 22.5 Å². The molecule has 0 spiro atoms. The number of guanidine groups is 1. The van der Waals surface area contributed by atoms with Crippen molar-refractivity contribution in [3.63, 3.8) is 0 Å². The van der Waals surface area contributed by atoms with Crippen LogP contribution in [0.3, 0.4) is 0 Å². The maximum absolute atomic E-state index is 11.8. The molecular formula is C18H33IN4O2S. The van der Waals surface area contributed by atoms with Crippen molar-refractivity contribution in [2.45, 2.75) is 39.5 Å². The first-order valence-corrected chi connectivity index (χ1v) is 10.1. The Bertz CT molecular complexity index is 484. The molecule has 3 N–H and O–H groups in total. The Hall–Kier alpha value is -0.870. The van der Waals surface area contributed by atoms with Crippen molar-refractivity contribution in [3.05, 3.63) is 22.4 Å². The summed E-state index contributed by atoms with van der Waals surface area (Å²) in [5.41, 5.74) is 0. The number of ether oxygens (including phenoxy) is 1. The highest BCUT2D eigenvalue weighted by Gasteiger charge is 2.04. The average molecular weight is 496 g/mol. The second-order valence-corrected chi connectivity index (χ2v) is 6.54. The van der Waals surface area contributed by atoms with E-state index in [2.05, 4.69) is 27.9 Å². The lowest BCUT2D eigenvalue weighted by molar-refractivity contribution is 0.0957. The normalized spacial score (nSPS) is 10.9. The van der Waals surface area contributed by atoms with Crippen molar-refractivity contribution in [2.75, 3.05) is 39.4 Å². The quantitative estimate of drug-likeness (QED) is 0.170. The minimum Gasteiger partial charge on any atom is -0.381 e. The minimum atomic E-state index is -0.00733. The number of carbonyl (C=O) groups excluding carboxylic acids is 1. The molecule has 1 amide bonds. The van der Waals surface area contributed by atoms with Gasteiger partial charge in [0.05, 0.1) is 4.88 Å². The van der Waals surface area contributed by atoms with Crippen molar-refractivity contribution in [1.29, 1.82) is 0 Å². The van der Waals surface area contributed by atoms with Gasteiger partial charge in [-0.25, -0.2) is 0 Å². The van der Waals surface area contributed by atoms with Gasteiger partial charge in [-0.05, 0) is 37.6 Å². The summed E-state index contributed by atoms with van der Waals surface area (Å²) in [5, 5.41) is 11.4. The number of rotatable bonds is 13. The summed E-state index contributed by atoms with van der Waals surface area (Å²) in [4.78, 5) is 17.1. The van der Waals surface area contributed by atoms with Gasteiger partial charge in [-0.1, -0.05) is 19.4 Å². The lowest BCUT2D eigenvalue weighted by Crippen LogP contribution is -2.38. The molecule has 8 heteroatoms. The van der Waals surface area contributed by atoms with Crippen LogP contribution in [-0.4, -0.2) is 51.3 Å². The van der Waals surface area contributed by atoms with Crippen LogP contribution in [0.5, 0.6) is 0 Å².